The Morgan fingerprint density at radius 3 is 1.90 bits per heavy atom. The van der Waals surface area contributed by atoms with Crippen molar-refractivity contribution in [2.45, 2.75) is 56.3 Å². The summed E-state index contributed by atoms with van der Waals surface area (Å²) in [6.45, 7) is 2.72. The average molecular weight is 725 g/mol. The minimum Gasteiger partial charge on any atom is -0.475 e. The van der Waals surface area contributed by atoms with Gasteiger partial charge in [0.1, 0.15) is 5.82 Å². The zero-order valence-corrected chi connectivity index (χ0v) is 28.3. The van der Waals surface area contributed by atoms with Crippen molar-refractivity contribution < 1.29 is 27.9 Å². The predicted octanol–water partition coefficient (Wildman–Crippen LogP) is 8.37. The van der Waals surface area contributed by atoms with Crippen molar-refractivity contribution in [2.24, 2.45) is 5.73 Å². The summed E-state index contributed by atoms with van der Waals surface area (Å²) in [5.74, 6) is -1.38. The van der Waals surface area contributed by atoms with Crippen molar-refractivity contribution in [1.82, 2.24) is 19.4 Å². The molecule has 0 radical (unpaired) electrons. The summed E-state index contributed by atoms with van der Waals surface area (Å²) in [5, 5.41) is 8.58. The van der Waals surface area contributed by atoms with E-state index in [2.05, 4.69) is 56.9 Å². The highest BCUT2D eigenvalue weighted by Gasteiger charge is 2.38. The van der Waals surface area contributed by atoms with Gasteiger partial charge in [-0.05, 0) is 90.9 Å². The molecule has 260 valence electrons. The number of rotatable bonds is 8. The number of piperidine rings is 1. The predicted molar refractivity (Wildman–Crippen MR) is 186 cm³/mol. The van der Waals surface area contributed by atoms with Crippen LogP contribution < -0.4 is 5.73 Å². The number of hydrogen-bond acceptors (Lipinski definition) is 5. The SMILES string of the molecule is NC(=O)c1ccc(CN2CCC(n3c(C4CC4)nc4ccc(C(c5ccc(Cl)cc5)c5ccc(Cl)cc5)cc43)CC2)nc1.O=C(O)C(F)(F)F. The van der Waals surface area contributed by atoms with Gasteiger partial charge in [-0.25, -0.2) is 9.78 Å². The van der Waals surface area contributed by atoms with E-state index in [4.69, 9.17) is 43.8 Å². The van der Waals surface area contributed by atoms with E-state index in [0.29, 0.717) is 17.5 Å². The maximum Gasteiger partial charge on any atom is 0.490 e. The number of halogens is 5. The van der Waals surface area contributed by atoms with Crippen molar-refractivity contribution in [3.8, 4) is 0 Å². The lowest BCUT2D eigenvalue weighted by Crippen LogP contribution is -2.34. The summed E-state index contributed by atoms with van der Waals surface area (Å²) in [6.07, 6.45) is 1.00. The molecule has 1 aliphatic heterocycles. The van der Waals surface area contributed by atoms with Gasteiger partial charge in [0.05, 0.1) is 22.3 Å². The molecule has 1 saturated carbocycles. The highest BCUT2D eigenvalue weighted by Crippen LogP contribution is 2.44. The number of primary amides is 1. The number of fused-ring (bicyclic) bond motifs is 1. The Labute approximate surface area is 296 Å². The Bertz CT molecular complexity index is 1930. The van der Waals surface area contributed by atoms with E-state index in [1.807, 2.05) is 30.3 Å². The first-order valence-corrected chi connectivity index (χ1v) is 16.9. The van der Waals surface area contributed by atoms with E-state index in [-0.39, 0.29) is 5.92 Å². The number of amides is 1. The minimum atomic E-state index is -5.08. The number of carboxylic acids is 1. The van der Waals surface area contributed by atoms with Gasteiger partial charge in [-0.3, -0.25) is 14.7 Å². The lowest BCUT2D eigenvalue weighted by atomic mass is 9.85. The molecule has 3 aromatic carbocycles. The molecule has 1 saturated heterocycles. The second-order valence-electron chi connectivity index (χ2n) is 12.6. The quantitative estimate of drug-likeness (QED) is 0.156. The number of pyridine rings is 1. The van der Waals surface area contributed by atoms with Crippen LogP contribution in [0, 0.1) is 0 Å². The zero-order valence-electron chi connectivity index (χ0n) is 26.8. The van der Waals surface area contributed by atoms with Crippen LogP contribution >= 0.6 is 23.2 Å². The van der Waals surface area contributed by atoms with E-state index in [1.165, 1.54) is 40.9 Å². The van der Waals surface area contributed by atoms with Crippen LogP contribution in [0.4, 0.5) is 13.2 Å². The average Bonchev–Trinajstić information content (AvgIpc) is 3.87. The molecule has 0 atom stereocenters. The maximum atomic E-state index is 11.4. The number of likely N-dealkylation sites (tertiary alicyclic amines) is 1. The molecule has 2 aliphatic rings. The number of hydrogen-bond donors (Lipinski definition) is 2. The minimum absolute atomic E-state index is 0.0435. The number of nitrogens with zero attached hydrogens (tertiary/aromatic N) is 4. The van der Waals surface area contributed by atoms with Gasteiger partial charge in [0.2, 0.25) is 5.91 Å². The molecule has 2 aromatic heterocycles. The Morgan fingerprint density at radius 2 is 1.42 bits per heavy atom. The molecular weight excluding hydrogens is 690 g/mol. The van der Waals surface area contributed by atoms with Gasteiger partial charge in [0.25, 0.3) is 0 Å². The first kappa shape index (κ1) is 35.4. The molecule has 0 bridgehead atoms. The fourth-order valence-electron chi connectivity index (χ4n) is 6.44. The van der Waals surface area contributed by atoms with Crippen molar-refractivity contribution >= 4 is 46.1 Å². The number of aromatic nitrogens is 3. The smallest absolute Gasteiger partial charge is 0.475 e. The summed E-state index contributed by atoms with van der Waals surface area (Å²) in [4.78, 5) is 32.4. The van der Waals surface area contributed by atoms with Crippen LogP contribution in [0.5, 0.6) is 0 Å². The third-order valence-corrected chi connectivity index (χ3v) is 9.59. The van der Waals surface area contributed by atoms with Crippen molar-refractivity contribution in [2.75, 3.05) is 13.1 Å². The van der Waals surface area contributed by atoms with Gasteiger partial charge in [-0.2, -0.15) is 13.2 Å². The standard InChI is InChI=1S/C35H33Cl2N5O.C2HF3O2/c36-27-9-3-22(4-10-27)33(23-5-11-28(37)12-6-23)25-8-14-31-32(19-25)42(35(40-31)24-1-2-24)30-15-17-41(18-16-30)21-29-13-7-26(20-39-29)34(38)43;3-2(4,5)1(6)7/h3-14,19-20,24,30,33H,1-2,15-18,21H2,(H2,38,43);(H,6,7). The number of carbonyl (C=O) groups excluding carboxylic acids is 1. The number of imidazole rings is 1. The summed E-state index contributed by atoms with van der Waals surface area (Å²) in [7, 11) is 0. The Hall–Kier alpha value is -4.45. The van der Waals surface area contributed by atoms with Gasteiger partial charge in [0.15, 0.2) is 0 Å². The fraction of sp³-hybridized carbons (Fsp3) is 0.297. The number of nitrogens with two attached hydrogens (primary N) is 1. The van der Waals surface area contributed by atoms with Gasteiger partial charge in [-0.15, -0.1) is 0 Å². The second-order valence-corrected chi connectivity index (χ2v) is 13.5. The lowest BCUT2D eigenvalue weighted by Gasteiger charge is -2.33. The van der Waals surface area contributed by atoms with Crippen molar-refractivity contribution in [3.63, 3.8) is 0 Å². The van der Waals surface area contributed by atoms with Crippen LogP contribution in [0.1, 0.15) is 82.1 Å². The molecule has 0 unspecified atom stereocenters. The third kappa shape index (κ3) is 8.29. The molecule has 1 aliphatic carbocycles. The maximum absolute atomic E-state index is 11.4. The Balaban J connectivity index is 0.000000561. The summed E-state index contributed by atoms with van der Waals surface area (Å²) >= 11 is 12.5. The molecule has 3 heterocycles. The zero-order chi connectivity index (χ0) is 35.6. The van der Waals surface area contributed by atoms with E-state index < -0.39 is 18.1 Å². The third-order valence-electron chi connectivity index (χ3n) is 9.08. The normalized spacial score (nSPS) is 15.6. The molecule has 1 amide bonds. The molecular formula is C37H34Cl2F3N5O3. The molecule has 3 N–H and O–H groups in total. The molecule has 8 nitrogen and oxygen atoms in total. The number of aliphatic carboxylic acids is 1. The number of carbonyl (C=O) groups is 2. The first-order valence-electron chi connectivity index (χ1n) is 16.2. The largest absolute Gasteiger partial charge is 0.490 e. The second kappa shape index (κ2) is 14.8. The van der Waals surface area contributed by atoms with Gasteiger partial charge in [0, 0.05) is 53.8 Å². The molecule has 2 fully saturated rings. The van der Waals surface area contributed by atoms with Crippen molar-refractivity contribution in [1.29, 1.82) is 0 Å². The van der Waals surface area contributed by atoms with Gasteiger partial charge >= 0.3 is 12.1 Å². The highest BCUT2D eigenvalue weighted by atomic mass is 35.5. The highest BCUT2D eigenvalue weighted by molar-refractivity contribution is 6.30. The van der Waals surface area contributed by atoms with Gasteiger partial charge in [-0.1, -0.05) is 53.5 Å². The Kier molecular flexibility index (Phi) is 10.5. The summed E-state index contributed by atoms with van der Waals surface area (Å²) in [6, 6.07) is 27.1. The molecule has 13 heteroatoms. The lowest BCUT2D eigenvalue weighted by molar-refractivity contribution is -0.192. The van der Waals surface area contributed by atoms with Crippen LogP contribution in [-0.2, 0) is 11.3 Å². The molecule has 50 heavy (non-hydrogen) atoms. The molecule has 7 rings (SSSR count). The number of benzene rings is 3. The van der Waals surface area contributed by atoms with Crippen LogP contribution in [0.15, 0.2) is 85.1 Å². The fourth-order valence-corrected chi connectivity index (χ4v) is 6.69. The monoisotopic (exact) mass is 723 g/mol. The van der Waals surface area contributed by atoms with Crippen LogP contribution in [0.25, 0.3) is 11.0 Å². The summed E-state index contributed by atoms with van der Waals surface area (Å²) < 4.78 is 34.3. The Morgan fingerprint density at radius 1 is 0.860 bits per heavy atom. The molecule has 5 aromatic rings. The summed E-state index contributed by atoms with van der Waals surface area (Å²) in [5.41, 5.74) is 12.7. The van der Waals surface area contributed by atoms with Crippen LogP contribution in [0.3, 0.4) is 0 Å². The van der Waals surface area contributed by atoms with E-state index in [1.54, 1.807) is 12.3 Å². The van der Waals surface area contributed by atoms with Crippen LogP contribution in [0.2, 0.25) is 10.0 Å². The first-order chi connectivity index (χ1) is 23.9. The molecule has 0 spiro atoms. The van der Waals surface area contributed by atoms with E-state index >= 15 is 0 Å². The van der Waals surface area contributed by atoms with Crippen LogP contribution in [-0.4, -0.2) is 55.7 Å². The topological polar surface area (TPSA) is 114 Å². The van der Waals surface area contributed by atoms with E-state index in [0.717, 1.165) is 53.7 Å². The van der Waals surface area contributed by atoms with E-state index in [9.17, 15) is 18.0 Å². The number of alkyl halides is 3. The van der Waals surface area contributed by atoms with Crippen molar-refractivity contribution in [3.05, 3.63) is 129 Å². The number of carboxylic acid groups (broad SMARTS) is 1. The van der Waals surface area contributed by atoms with Gasteiger partial charge < -0.3 is 15.4 Å².